The topological polar surface area (TPSA) is 110 Å². The van der Waals surface area contributed by atoms with Gasteiger partial charge in [-0.3, -0.25) is 4.68 Å². The zero-order valence-electron chi connectivity index (χ0n) is 13.4. The van der Waals surface area contributed by atoms with Gasteiger partial charge < -0.3 is 11.1 Å². The van der Waals surface area contributed by atoms with Crippen LogP contribution in [0.3, 0.4) is 0 Å². The minimum absolute atomic E-state index is 0.192. The molecule has 0 bridgehead atoms. The van der Waals surface area contributed by atoms with Gasteiger partial charge in [-0.05, 0) is 19.4 Å². The Balaban J connectivity index is 1.93. The van der Waals surface area contributed by atoms with Crippen LogP contribution < -0.4 is 11.1 Å². The molecule has 0 aliphatic carbocycles. The molecule has 0 spiro atoms. The van der Waals surface area contributed by atoms with Crippen LogP contribution in [0.1, 0.15) is 30.0 Å². The van der Waals surface area contributed by atoms with Gasteiger partial charge >= 0.3 is 0 Å². The maximum Gasteiger partial charge on any atom is 0.165 e. The Bertz CT molecular complexity index is 939. The molecular weight excluding hydrogens is 304 g/mol. The van der Waals surface area contributed by atoms with E-state index < -0.39 is 0 Å². The number of rotatable bonds is 2. The van der Waals surface area contributed by atoms with E-state index in [0.29, 0.717) is 17.0 Å². The van der Waals surface area contributed by atoms with Gasteiger partial charge in [0.1, 0.15) is 17.5 Å². The second-order valence-corrected chi connectivity index (χ2v) is 6.11. The van der Waals surface area contributed by atoms with Gasteiger partial charge in [0.25, 0.3) is 0 Å². The largest absolute Gasteiger partial charge is 0.382 e. The van der Waals surface area contributed by atoms with Crippen molar-refractivity contribution < 1.29 is 0 Å². The maximum atomic E-state index is 9.57. The molecule has 1 fully saturated rings. The molecule has 24 heavy (non-hydrogen) atoms. The van der Waals surface area contributed by atoms with E-state index in [4.69, 9.17) is 10.7 Å². The fourth-order valence-electron chi connectivity index (χ4n) is 3.29. The molecule has 3 N–H and O–H groups in total. The molecule has 0 amide bonds. The molecule has 1 saturated heterocycles. The summed E-state index contributed by atoms with van der Waals surface area (Å²) in [5, 5.41) is 21.5. The van der Waals surface area contributed by atoms with Gasteiger partial charge in [0.2, 0.25) is 0 Å². The van der Waals surface area contributed by atoms with E-state index >= 15 is 0 Å². The van der Waals surface area contributed by atoms with Gasteiger partial charge in [0.15, 0.2) is 5.65 Å². The number of nitriles is 1. The number of aryl methyl sites for hydroxylation is 1. The van der Waals surface area contributed by atoms with Crippen molar-refractivity contribution in [2.75, 3.05) is 18.8 Å². The Morgan fingerprint density at radius 2 is 2.25 bits per heavy atom. The van der Waals surface area contributed by atoms with Crippen LogP contribution in [0.4, 0.5) is 5.82 Å². The lowest BCUT2D eigenvalue weighted by molar-refractivity contribution is 0.454. The molecule has 122 valence electrons. The Hall–Kier alpha value is -2.92. The number of nitrogen functional groups attached to an aromatic ring is 1. The van der Waals surface area contributed by atoms with Gasteiger partial charge in [-0.1, -0.05) is 0 Å². The van der Waals surface area contributed by atoms with Crippen LogP contribution >= 0.6 is 0 Å². The fraction of sp³-hybridized carbons (Fsp3) is 0.375. The van der Waals surface area contributed by atoms with Gasteiger partial charge in [0, 0.05) is 36.8 Å². The number of nitrogens with one attached hydrogen (secondary N) is 1. The molecule has 4 heterocycles. The van der Waals surface area contributed by atoms with Crippen LogP contribution in [0.25, 0.3) is 16.8 Å². The minimum Gasteiger partial charge on any atom is -0.382 e. The summed E-state index contributed by atoms with van der Waals surface area (Å²) < 4.78 is 3.28. The number of piperidine rings is 1. The van der Waals surface area contributed by atoms with Crippen LogP contribution in [0.5, 0.6) is 0 Å². The summed E-state index contributed by atoms with van der Waals surface area (Å²) >= 11 is 0. The van der Waals surface area contributed by atoms with Gasteiger partial charge in [-0.2, -0.15) is 20.0 Å². The van der Waals surface area contributed by atoms with E-state index in [2.05, 4.69) is 21.6 Å². The first-order valence-corrected chi connectivity index (χ1v) is 7.96. The van der Waals surface area contributed by atoms with E-state index in [-0.39, 0.29) is 5.92 Å². The lowest BCUT2D eigenvalue weighted by atomic mass is 9.93. The van der Waals surface area contributed by atoms with Gasteiger partial charge in [0.05, 0.1) is 18.1 Å². The zero-order chi connectivity index (χ0) is 16.7. The normalized spacial score (nSPS) is 17.9. The van der Waals surface area contributed by atoms with Crippen LogP contribution in [-0.4, -0.2) is 37.5 Å². The van der Waals surface area contributed by atoms with Crippen molar-refractivity contribution in [3.05, 3.63) is 29.8 Å². The number of fused-ring (bicyclic) bond motifs is 1. The van der Waals surface area contributed by atoms with Gasteiger partial charge in [-0.15, -0.1) is 0 Å². The molecule has 0 radical (unpaired) electrons. The number of nitrogens with two attached hydrogens (primary N) is 1. The van der Waals surface area contributed by atoms with Crippen molar-refractivity contribution in [3.8, 4) is 17.2 Å². The van der Waals surface area contributed by atoms with Crippen LogP contribution in [-0.2, 0) is 7.05 Å². The Kier molecular flexibility index (Phi) is 3.43. The van der Waals surface area contributed by atoms with E-state index in [9.17, 15) is 5.26 Å². The molecule has 0 aromatic carbocycles. The summed E-state index contributed by atoms with van der Waals surface area (Å²) in [5.41, 5.74) is 9.88. The monoisotopic (exact) mass is 322 g/mol. The van der Waals surface area contributed by atoms with E-state index in [1.54, 1.807) is 21.6 Å². The summed E-state index contributed by atoms with van der Waals surface area (Å²) in [6.07, 6.45) is 7.47. The quantitative estimate of drug-likeness (QED) is 0.730. The maximum absolute atomic E-state index is 9.57. The van der Waals surface area contributed by atoms with Crippen molar-refractivity contribution in [2.45, 2.75) is 18.8 Å². The molecule has 1 aliphatic rings. The van der Waals surface area contributed by atoms with E-state index in [1.165, 1.54) is 0 Å². The predicted molar refractivity (Wildman–Crippen MR) is 89.2 cm³/mol. The number of hydrogen-bond donors (Lipinski definition) is 2. The highest BCUT2D eigenvalue weighted by Gasteiger charge is 2.25. The Labute approximate surface area is 138 Å². The first-order chi connectivity index (χ1) is 11.7. The fourth-order valence-corrected chi connectivity index (χ4v) is 3.29. The second-order valence-electron chi connectivity index (χ2n) is 6.11. The highest BCUT2D eigenvalue weighted by Crippen LogP contribution is 2.31. The standard InChI is InChI=1S/C16H18N8/c1-23-9-11(7-20-23)13-8-21-24-15(18)12(5-17)14(22-16(13)24)10-3-2-4-19-6-10/h7-10,19H,2-4,6,18H2,1H3/t10-/m1/s1. The highest BCUT2D eigenvalue weighted by molar-refractivity contribution is 5.78. The molecule has 4 rings (SSSR count). The van der Waals surface area contributed by atoms with Crippen LogP contribution in [0, 0.1) is 11.3 Å². The average Bonchev–Trinajstić information content (AvgIpc) is 3.21. The zero-order valence-corrected chi connectivity index (χ0v) is 13.4. The van der Waals surface area contributed by atoms with Crippen molar-refractivity contribution >= 4 is 11.5 Å². The summed E-state index contributed by atoms with van der Waals surface area (Å²) in [4.78, 5) is 4.80. The molecule has 3 aromatic heterocycles. The molecule has 8 nitrogen and oxygen atoms in total. The van der Waals surface area contributed by atoms with Crippen LogP contribution in [0.2, 0.25) is 0 Å². The number of hydrogen-bond acceptors (Lipinski definition) is 6. The van der Waals surface area contributed by atoms with E-state index in [1.807, 2.05) is 13.2 Å². The van der Waals surface area contributed by atoms with Crippen molar-refractivity contribution in [1.29, 1.82) is 5.26 Å². The minimum atomic E-state index is 0.192. The Morgan fingerprint density at radius 3 is 2.92 bits per heavy atom. The summed E-state index contributed by atoms with van der Waals surface area (Å²) in [5.74, 6) is 0.538. The molecule has 0 unspecified atom stereocenters. The molecule has 8 heteroatoms. The average molecular weight is 322 g/mol. The lowest BCUT2D eigenvalue weighted by Gasteiger charge is -2.23. The number of anilines is 1. The lowest BCUT2D eigenvalue weighted by Crippen LogP contribution is -2.29. The second kappa shape index (κ2) is 5.62. The third kappa shape index (κ3) is 2.21. The van der Waals surface area contributed by atoms with Crippen molar-refractivity contribution in [3.63, 3.8) is 0 Å². The predicted octanol–water partition coefficient (Wildman–Crippen LogP) is 1.05. The first-order valence-electron chi connectivity index (χ1n) is 7.96. The van der Waals surface area contributed by atoms with Crippen molar-refractivity contribution in [2.24, 2.45) is 7.05 Å². The molecular formula is C16H18N8. The molecule has 1 atom stereocenters. The van der Waals surface area contributed by atoms with Crippen molar-refractivity contribution in [1.82, 2.24) is 29.7 Å². The smallest absolute Gasteiger partial charge is 0.165 e. The van der Waals surface area contributed by atoms with Crippen LogP contribution in [0.15, 0.2) is 18.6 Å². The summed E-state index contributed by atoms with van der Waals surface area (Å²) in [6.45, 7) is 1.82. The molecule has 3 aromatic rings. The first kappa shape index (κ1) is 14.7. The SMILES string of the molecule is Cn1cc(-c2cnn3c(N)c(C#N)c([C@@H]4CCCNC4)nc23)cn1. The summed E-state index contributed by atoms with van der Waals surface area (Å²) in [6, 6.07) is 2.21. The highest BCUT2D eigenvalue weighted by atomic mass is 15.3. The third-order valence-corrected chi connectivity index (χ3v) is 4.52. The van der Waals surface area contributed by atoms with Gasteiger partial charge in [-0.25, -0.2) is 4.98 Å². The summed E-state index contributed by atoms with van der Waals surface area (Å²) in [7, 11) is 1.86. The third-order valence-electron chi connectivity index (χ3n) is 4.52. The number of nitrogens with zero attached hydrogens (tertiary/aromatic N) is 6. The number of aromatic nitrogens is 5. The van der Waals surface area contributed by atoms with E-state index in [0.717, 1.165) is 42.8 Å². The molecule has 0 saturated carbocycles. The molecule has 1 aliphatic heterocycles. The Morgan fingerprint density at radius 1 is 1.38 bits per heavy atom.